The van der Waals surface area contributed by atoms with Crippen LogP contribution in [0.1, 0.15) is 38.4 Å². The summed E-state index contributed by atoms with van der Waals surface area (Å²) in [4.78, 5) is 4.43. The predicted octanol–water partition coefficient (Wildman–Crippen LogP) is 1.81. The Morgan fingerprint density at radius 1 is 1.53 bits per heavy atom. The molecule has 0 radical (unpaired) electrons. The molecular formula is C10H18N4S. The third-order valence-corrected chi connectivity index (χ3v) is 3.65. The molecule has 4 nitrogen and oxygen atoms in total. The van der Waals surface area contributed by atoms with Gasteiger partial charge in [0.15, 0.2) is 0 Å². The minimum atomic E-state index is 0.351. The van der Waals surface area contributed by atoms with Gasteiger partial charge in [0.2, 0.25) is 5.13 Å². The molecule has 0 bridgehead atoms. The Morgan fingerprint density at radius 3 is 2.73 bits per heavy atom. The molecular weight excluding hydrogens is 208 g/mol. The second-order valence-corrected chi connectivity index (χ2v) is 5.42. The van der Waals surface area contributed by atoms with Crippen molar-refractivity contribution in [3.05, 3.63) is 5.82 Å². The molecule has 0 saturated heterocycles. The number of anilines is 1. The predicted molar refractivity (Wildman–Crippen MR) is 63.2 cm³/mol. The van der Waals surface area contributed by atoms with Gasteiger partial charge in [0.1, 0.15) is 5.82 Å². The van der Waals surface area contributed by atoms with Gasteiger partial charge in [0, 0.05) is 24.0 Å². The van der Waals surface area contributed by atoms with Crippen molar-refractivity contribution >= 4 is 16.7 Å². The lowest BCUT2D eigenvalue weighted by Gasteiger charge is -2.11. The van der Waals surface area contributed by atoms with E-state index in [1.54, 1.807) is 0 Å². The summed E-state index contributed by atoms with van der Waals surface area (Å²) in [7, 11) is 0. The number of nitrogens with two attached hydrogens (primary N) is 1. The van der Waals surface area contributed by atoms with E-state index in [4.69, 9.17) is 5.73 Å². The van der Waals surface area contributed by atoms with Crippen LogP contribution in [0.4, 0.5) is 5.13 Å². The van der Waals surface area contributed by atoms with Crippen molar-refractivity contribution in [1.82, 2.24) is 9.36 Å². The Labute approximate surface area is 94.5 Å². The van der Waals surface area contributed by atoms with Crippen molar-refractivity contribution < 1.29 is 0 Å². The first-order chi connectivity index (χ1) is 7.15. The molecule has 0 atom stereocenters. The topological polar surface area (TPSA) is 63.8 Å². The van der Waals surface area contributed by atoms with Gasteiger partial charge in [-0.3, -0.25) is 0 Å². The minimum Gasteiger partial charge on any atom is -0.360 e. The molecule has 0 aromatic carbocycles. The second-order valence-electron chi connectivity index (χ2n) is 4.67. The Morgan fingerprint density at radius 2 is 2.27 bits per heavy atom. The highest BCUT2D eigenvalue weighted by atomic mass is 32.1. The fraction of sp³-hybridized carbons (Fsp3) is 0.800. The quantitative estimate of drug-likeness (QED) is 0.803. The van der Waals surface area contributed by atoms with Crippen LogP contribution < -0.4 is 11.1 Å². The van der Waals surface area contributed by atoms with E-state index in [2.05, 4.69) is 28.5 Å². The fourth-order valence-electron chi connectivity index (χ4n) is 1.43. The largest absolute Gasteiger partial charge is 0.360 e. The van der Waals surface area contributed by atoms with Gasteiger partial charge < -0.3 is 11.1 Å². The summed E-state index contributed by atoms with van der Waals surface area (Å²) in [6.45, 7) is 5.92. The van der Waals surface area contributed by atoms with Gasteiger partial charge >= 0.3 is 0 Å². The summed E-state index contributed by atoms with van der Waals surface area (Å²) in [6.07, 6.45) is 2.48. The van der Waals surface area contributed by atoms with Crippen molar-refractivity contribution in [1.29, 1.82) is 0 Å². The molecule has 1 fully saturated rings. The average molecular weight is 226 g/mol. The molecule has 1 saturated carbocycles. The Bertz CT molecular complexity index is 330. The lowest BCUT2D eigenvalue weighted by molar-refractivity contribution is 0.555. The molecule has 0 aliphatic heterocycles. The molecule has 5 heteroatoms. The highest BCUT2D eigenvalue weighted by Gasteiger charge is 2.40. The maximum atomic E-state index is 5.71. The summed E-state index contributed by atoms with van der Waals surface area (Å²) >= 11 is 1.44. The standard InChI is InChI=1S/C10H18N4S/c1-7(2)8-13-9(15-14-8)12-6-10(5-11)3-4-10/h7H,3-6,11H2,1-2H3,(H,12,13,14). The van der Waals surface area contributed by atoms with Gasteiger partial charge in [0.05, 0.1) is 0 Å². The van der Waals surface area contributed by atoms with Crippen molar-refractivity contribution in [2.75, 3.05) is 18.4 Å². The lowest BCUT2D eigenvalue weighted by atomic mass is 10.1. The van der Waals surface area contributed by atoms with Crippen LogP contribution in [-0.2, 0) is 0 Å². The zero-order chi connectivity index (χ0) is 10.9. The van der Waals surface area contributed by atoms with Crippen molar-refractivity contribution in [3.8, 4) is 0 Å². The van der Waals surface area contributed by atoms with Crippen LogP contribution in [0.15, 0.2) is 0 Å². The molecule has 3 N–H and O–H groups in total. The first-order valence-electron chi connectivity index (χ1n) is 5.43. The number of hydrogen-bond donors (Lipinski definition) is 2. The maximum Gasteiger partial charge on any atom is 0.202 e. The van der Waals surface area contributed by atoms with Crippen LogP contribution >= 0.6 is 11.5 Å². The van der Waals surface area contributed by atoms with E-state index in [1.807, 2.05) is 0 Å². The van der Waals surface area contributed by atoms with Crippen molar-refractivity contribution in [2.24, 2.45) is 11.1 Å². The summed E-state index contributed by atoms with van der Waals surface area (Å²) in [5.41, 5.74) is 6.06. The van der Waals surface area contributed by atoms with Gasteiger partial charge in [-0.25, -0.2) is 4.98 Å². The van der Waals surface area contributed by atoms with Gasteiger partial charge in [-0.05, 0) is 24.8 Å². The molecule has 0 spiro atoms. The first-order valence-corrected chi connectivity index (χ1v) is 6.20. The van der Waals surface area contributed by atoms with E-state index in [1.165, 1.54) is 24.4 Å². The molecule has 1 aliphatic carbocycles. The monoisotopic (exact) mass is 226 g/mol. The molecule has 0 unspecified atom stereocenters. The molecule has 1 heterocycles. The van der Waals surface area contributed by atoms with E-state index in [9.17, 15) is 0 Å². The zero-order valence-corrected chi connectivity index (χ0v) is 10.1. The molecule has 2 rings (SSSR count). The van der Waals surface area contributed by atoms with E-state index in [0.717, 1.165) is 24.0 Å². The number of aromatic nitrogens is 2. The first kappa shape index (κ1) is 10.8. The van der Waals surface area contributed by atoms with Crippen LogP contribution in [0.25, 0.3) is 0 Å². The number of nitrogens with one attached hydrogen (secondary N) is 1. The molecule has 15 heavy (non-hydrogen) atoms. The normalized spacial score (nSPS) is 18.1. The van der Waals surface area contributed by atoms with E-state index in [-0.39, 0.29) is 0 Å². The van der Waals surface area contributed by atoms with Crippen LogP contribution in [0.2, 0.25) is 0 Å². The second kappa shape index (κ2) is 4.06. The Kier molecular flexibility index (Phi) is 2.93. The molecule has 1 aromatic rings. The number of hydrogen-bond acceptors (Lipinski definition) is 5. The fourth-order valence-corrected chi connectivity index (χ4v) is 2.14. The SMILES string of the molecule is CC(C)c1nsc(NCC2(CN)CC2)n1. The Hall–Kier alpha value is -0.680. The molecule has 84 valence electrons. The maximum absolute atomic E-state index is 5.71. The molecule has 1 aliphatic rings. The van der Waals surface area contributed by atoms with Crippen molar-refractivity contribution in [2.45, 2.75) is 32.6 Å². The zero-order valence-electron chi connectivity index (χ0n) is 9.29. The summed E-state index contributed by atoms with van der Waals surface area (Å²) in [6, 6.07) is 0. The van der Waals surface area contributed by atoms with E-state index < -0.39 is 0 Å². The highest BCUT2D eigenvalue weighted by Crippen LogP contribution is 2.44. The van der Waals surface area contributed by atoms with Crippen LogP contribution in [0.3, 0.4) is 0 Å². The number of rotatable bonds is 5. The number of nitrogens with zero attached hydrogens (tertiary/aromatic N) is 2. The average Bonchev–Trinajstić information content (AvgIpc) is 2.85. The third kappa shape index (κ3) is 2.46. The molecule has 0 amide bonds. The Balaban J connectivity index is 1.88. The minimum absolute atomic E-state index is 0.351. The van der Waals surface area contributed by atoms with Gasteiger partial charge in [-0.2, -0.15) is 4.37 Å². The lowest BCUT2D eigenvalue weighted by Crippen LogP contribution is -2.24. The summed E-state index contributed by atoms with van der Waals surface area (Å²) < 4.78 is 4.30. The summed E-state index contributed by atoms with van der Waals surface area (Å²) in [5.74, 6) is 1.33. The van der Waals surface area contributed by atoms with Crippen molar-refractivity contribution in [3.63, 3.8) is 0 Å². The summed E-state index contributed by atoms with van der Waals surface area (Å²) in [5, 5.41) is 4.27. The third-order valence-electron chi connectivity index (χ3n) is 2.96. The van der Waals surface area contributed by atoms with Crippen LogP contribution in [-0.4, -0.2) is 22.4 Å². The highest BCUT2D eigenvalue weighted by molar-refractivity contribution is 7.09. The van der Waals surface area contributed by atoms with Crippen LogP contribution in [0, 0.1) is 5.41 Å². The molecule has 1 aromatic heterocycles. The van der Waals surface area contributed by atoms with Crippen LogP contribution in [0.5, 0.6) is 0 Å². The van der Waals surface area contributed by atoms with E-state index >= 15 is 0 Å². The van der Waals surface area contributed by atoms with E-state index in [0.29, 0.717) is 11.3 Å². The van der Waals surface area contributed by atoms with Gasteiger partial charge in [-0.1, -0.05) is 13.8 Å². The van der Waals surface area contributed by atoms with Gasteiger partial charge in [-0.15, -0.1) is 0 Å². The van der Waals surface area contributed by atoms with Gasteiger partial charge in [0.25, 0.3) is 0 Å². The smallest absolute Gasteiger partial charge is 0.202 e.